The van der Waals surface area contributed by atoms with Crippen molar-refractivity contribution in [3.05, 3.63) is 28.8 Å². The first-order chi connectivity index (χ1) is 10.8. The van der Waals surface area contributed by atoms with Gasteiger partial charge in [-0.3, -0.25) is 0 Å². The van der Waals surface area contributed by atoms with Gasteiger partial charge >= 0.3 is 5.97 Å². The van der Waals surface area contributed by atoms with Gasteiger partial charge in [-0.05, 0) is 24.6 Å². The van der Waals surface area contributed by atoms with Crippen LogP contribution in [0, 0.1) is 5.41 Å². The maximum atomic E-state index is 10.9. The highest BCUT2D eigenvalue weighted by molar-refractivity contribution is 6.33. The van der Waals surface area contributed by atoms with E-state index in [1.807, 2.05) is 0 Å². The quantitative estimate of drug-likeness (QED) is 0.502. The molecular formula is C15H25ClO5Si2. The predicted molar refractivity (Wildman–Crippen MR) is 97.1 cm³/mol. The highest BCUT2D eigenvalue weighted by Crippen LogP contribution is 2.29. The molecule has 0 heterocycles. The highest BCUT2D eigenvalue weighted by Gasteiger charge is 2.30. The van der Waals surface area contributed by atoms with E-state index in [-0.39, 0.29) is 22.3 Å². The maximum Gasteiger partial charge on any atom is 0.337 e. The first kappa shape index (κ1) is 20.2. The van der Waals surface area contributed by atoms with Gasteiger partial charge in [0.2, 0.25) is 0 Å². The summed E-state index contributed by atoms with van der Waals surface area (Å²) in [4.78, 5) is 10.9. The van der Waals surface area contributed by atoms with Gasteiger partial charge in [-0.15, -0.1) is 0 Å². The van der Waals surface area contributed by atoms with Gasteiger partial charge in [-0.2, -0.15) is 0 Å². The molecule has 0 atom stereocenters. The van der Waals surface area contributed by atoms with Gasteiger partial charge < -0.3 is 18.7 Å². The third-order valence-electron chi connectivity index (χ3n) is 3.46. The summed E-state index contributed by atoms with van der Waals surface area (Å²) in [6, 6.07) is 4.59. The largest absolute Gasteiger partial charge is 0.494 e. The Morgan fingerprint density at radius 1 is 1.30 bits per heavy atom. The number of aromatic carboxylic acids is 1. The Hall–Kier alpha value is -0.866. The fraction of sp³-hybridized carbons (Fsp3) is 0.533. The second-order valence-corrected chi connectivity index (χ2v) is 8.01. The molecule has 0 aliphatic rings. The molecule has 130 valence electrons. The minimum atomic E-state index is -1.05. The summed E-state index contributed by atoms with van der Waals surface area (Å²) in [5.41, 5.74) is -0.0707. The lowest BCUT2D eigenvalue weighted by Gasteiger charge is -2.34. The lowest BCUT2D eigenvalue weighted by Crippen LogP contribution is -2.37. The SMILES string of the molecule is C[SiH2]OC(O[SiH2]C)C(C)(C)CCOc1ccc(C(=O)O)c(Cl)c1. The van der Waals surface area contributed by atoms with E-state index in [1.54, 1.807) is 6.07 Å². The van der Waals surface area contributed by atoms with Crippen LogP contribution in [0.15, 0.2) is 18.2 Å². The van der Waals surface area contributed by atoms with Crippen molar-refractivity contribution >= 4 is 37.1 Å². The monoisotopic (exact) mass is 376 g/mol. The van der Waals surface area contributed by atoms with Gasteiger partial charge in [0, 0.05) is 5.41 Å². The lowest BCUT2D eigenvalue weighted by atomic mass is 9.89. The molecule has 0 bridgehead atoms. The molecule has 0 aliphatic heterocycles. The summed E-state index contributed by atoms with van der Waals surface area (Å²) in [6.45, 7) is 8.87. The number of carbonyl (C=O) groups is 1. The average molecular weight is 377 g/mol. The van der Waals surface area contributed by atoms with Crippen molar-refractivity contribution < 1.29 is 23.5 Å². The minimum Gasteiger partial charge on any atom is -0.494 e. The van der Waals surface area contributed by atoms with Crippen molar-refractivity contribution in [2.45, 2.75) is 39.7 Å². The second kappa shape index (κ2) is 9.43. The first-order valence-electron chi connectivity index (χ1n) is 7.70. The summed E-state index contributed by atoms with van der Waals surface area (Å²) in [5, 5.41) is 9.13. The van der Waals surface area contributed by atoms with Crippen LogP contribution in [-0.2, 0) is 8.85 Å². The van der Waals surface area contributed by atoms with Gasteiger partial charge in [0.15, 0.2) is 19.5 Å². The van der Waals surface area contributed by atoms with Gasteiger partial charge in [0.1, 0.15) is 12.0 Å². The Balaban J connectivity index is 2.61. The normalized spacial score (nSPS) is 14.0. The molecule has 1 N–H and O–H groups in total. The Labute approximate surface area is 147 Å². The van der Waals surface area contributed by atoms with Gasteiger partial charge in [0.05, 0.1) is 17.2 Å². The standard InChI is InChI=1S/C15H25ClO5Si2/c1-15(2,14(20-22-3)21-23-4)7-8-19-10-5-6-11(13(17)18)12(16)9-10/h5-6,9,14H,7-8,22-23H2,1-4H3,(H,17,18). The van der Waals surface area contributed by atoms with Crippen LogP contribution in [0.3, 0.4) is 0 Å². The minimum absolute atomic E-state index is 0.0713. The van der Waals surface area contributed by atoms with Crippen molar-refractivity contribution in [2.24, 2.45) is 5.41 Å². The van der Waals surface area contributed by atoms with E-state index >= 15 is 0 Å². The van der Waals surface area contributed by atoms with Crippen molar-refractivity contribution in [1.29, 1.82) is 0 Å². The van der Waals surface area contributed by atoms with Crippen LogP contribution < -0.4 is 4.74 Å². The zero-order valence-electron chi connectivity index (χ0n) is 14.1. The molecule has 1 aromatic carbocycles. The zero-order chi connectivity index (χ0) is 17.5. The Kier molecular flexibility index (Phi) is 8.28. The third-order valence-corrected chi connectivity index (χ3v) is 5.05. The van der Waals surface area contributed by atoms with Crippen molar-refractivity contribution in [2.75, 3.05) is 6.61 Å². The molecule has 0 unspecified atom stereocenters. The Morgan fingerprint density at radius 3 is 2.39 bits per heavy atom. The van der Waals surface area contributed by atoms with E-state index in [0.29, 0.717) is 12.4 Å². The molecule has 1 aromatic rings. The summed E-state index contributed by atoms with van der Waals surface area (Å²) in [6.07, 6.45) is 0.594. The predicted octanol–water partition coefficient (Wildman–Crippen LogP) is 2.46. The molecule has 0 radical (unpaired) electrons. The van der Waals surface area contributed by atoms with E-state index in [1.165, 1.54) is 12.1 Å². The topological polar surface area (TPSA) is 65.0 Å². The van der Waals surface area contributed by atoms with E-state index < -0.39 is 25.5 Å². The van der Waals surface area contributed by atoms with Crippen molar-refractivity contribution in [3.63, 3.8) is 0 Å². The van der Waals surface area contributed by atoms with Crippen LogP contribution in [-0.4, -0.2) is 43.5 Å². The van der Waals surface area contributed by atoms with E-state index in [9.17, 15) is 4.79 Å². The number of hydrogen-bond acceptors (Lipinski definition) is 4. The molecule has 0 amide bonds. The Bertz CT molecular complexity index is 519. The summed E-state index contributed by atoms with van der Waals surface area (Å²) in [5.74, 6) is -0.490. The number of ether oxygens (including phenoxy) is 1. The van der Waals surface area contributed by atoms with Crippen LogP contribution in [0.25, 0.3) is 0 Å². The van der Waals surface area contributed by atoms with E-state index in [2.05, 4.69) is 26.9 Å². The van der Waals surface area contributed by atoms with Crippen LogP contribution in [0.5, 0.6) is 5.75 Å². The fourth-order valence-electron chi connectivity index (χ4n) is 2.11. The third kappa shape index (κ3) is 6.27. The Morgan fingerprint density at radius 2 is 1.91 bits per heavy atom. The van der Waals surface area contributed by atoms with E-state index in [4.69, 9.17) is 30.3 Å². The molecule has 0 saturated heterocycles. The van der Waals surface area contributed by atoms with Crippen LogP contribution in [0.1, 0.15) is 30.6 Å². The molecule has 0 fully saturated rings. The molecule has 8 heteroatoms. The van der Waals surface area contributed by atoms with Gasteiger partial charge in [-0.1, -0.05) is 38.5 Å². The van der Waals surface area contributed by atoms with Gasteiger partial charge in [0.25, 0.3) is 0 Å². The van der Waals surface area contributed by atoms with Crippen LogP contribution >= 0.6 is 11.6 Å². The first-order valence-corrected chi connectivity index (χ1v) is 12.1. The molecule has 0 aliphatic carbocycles. The number of hydrogen-bond donors (Lipinski definition) is 1. The summed E-state index contributed by atoms with van der Waals surface area (Å²) >= 11 is 5.93. The van der Waals surface area contributed by atoms with Gasteiger partial charge in [-0.25, -0.2) is 4.79 Å². The average Bonchev–Trinajstić information content (AvgIpc) is 2.46. The fourth-order valence-corrected chi connectivity index (χ4v) is 4.26. The number of rotatable bonds is 10. The molecule has 0 saturated carbocycles. The number of carboxylic acids is 1. The van der Waals surface area contributed by atoms with Crippen LogP contribution in [0.2, 0.25) is 18.1 Å². The lowest BCUT2D eigenvalue weighted by molar-refractivity contribution is -0.0854. The summed E-state index contributed by atoms with van der Waals surface area (Å²) < 4.78 is 17.3. The van der Waals surface area contributed by atoms with Crippen molar-refractivity contribution in [1.82, 2.24) is 0 Å². The summed E-state index contributed by atoms with van der Waals surface area (Å²) in [7, 11) is -1.08. The molecule has 23 heavy (non-hydrogen) atoms. The molecule has 0 spiro atoms. The molecular weight excluding hydrogens is 352 g/mol. The molecule has 5 nitrogen and oxygen atoms in total. The number of benzene rings is 1. The zero-order valence-corrected chi connectivity index (χ0v) is 17.7. The molecule has 0 aromatic heterocycles. The number of halogens is 1. The highest BCUT2D eigenvalue weighted by atomic mass is 35.5. The smallest absolute Gasteiger partial charge is 0.337 e. The molecule has 1 rings (SSSR count). The van der Waals surface area contributed by atoms with E-state index in [0.717, 1.165) is 6.42 Å². The second-order valence-electron chi connectivity index (χ2n) is 5.78. The van der Waals surface area contributed by atoms with Crippen molar-refractivity contribution in [3.8, 4) is 5.75 Å². The maximum absolute atomic E-state index is 10.9. The number of carboxylic acid groups (broad SMARTS) is 1. The van der Waals surface area contributed by atoms with Crippen LogP contribution in [0.4, 0.5) is 0 Å².